The van der Waals surface area contributed by atoms with Crippen molar-refractivity contribution in [1.82, 2.24) is 15.1 Å². The molecule has 1 aliphatic heterocycles. The quantitative estimate of drug-likeness (QED) is 0.548. The molecule has 2 amide bonds. The highest BCUT2D eigenvalue weighted by atomic mass is 35.5. The smallest absolute Gasteiger partial charge is 0.247 e. The van der Waals surface area contributed by atoms with E-state index in [4.69, 9.17) is 32.7 Å². The summed E-state index contributed by atoms with van der Waals surface area (Å²) in [6.07, 6.45) is 1.35. The first-order chi connectivity index (χ1) is 16.8. The highest BCUT2D eigenvalue weighted by Crippen LogP contribution is 2.49. The zero-order chi connectivity index (χ0) is 25.0. The molecule has 0 spiro atoms. The summed E-state index contributed by atoms with van der Waals surface area (Å²) in [7, 11) is 3.64. The van der Waals surface area contributed by atoms with Crippen LogP contribution < -0.4 is 10.1 Å². The molecular formula is C26H31Cl2N3O4. The van der Waals surface area contributed by atoms with Crippen LogP contribution in [0.5, 0.6) is 5.75 Å². The molecular weight excluding hydrogens is 489 g/mol. The van der Waals surface area contributed by atoms with Gasteiger partial charge in [0.05, 0.1) is 25.7 Å². The summed E-state index contributed by atoms with van der Waals surface area (Å²) in [6.45, 7) is 3.13. The molecule has 9 heteroatoms. The van der Waals surface area contributed by atoms with Crippen molar-refractivity contribution in [2.45, 2.75) is 30.9 Å². The Balaban J connectivity index is 1.48. The SMILES string of the molecule is COc1ccccc1COC[C@H](NC(=O)C1(c2cc(Cl)cc(Cl)c2)CC1)C(=O)N1CCN(C)CC1. The van der Waals surface area contributed by atoms with Crippen molar-refractivity contribution in [2.24, 2.45) is 0 Å². The van der Waals surface area contributed by atoms with E-state index in [-0.39, 0.29) is 25.0 Å². The molecule has 1 heterocycles. The van der Waals surface area contributed by atoms with E-state index in [9.17, 15) is 9.59 Å². The zero-order valence-corrected chi connectivity index (χ0v) is 21.6. The number of rotatable bonds is 9. The minimum atomic E-state index is -0.798. The van der Waals surface area contributed by atoms with Gasteiger partial charge in [-0.05, 0) is 49.7 Å². The van der Waals surface area contributed by atoms with Crippen molar-refractivity contribution >= 4 is 35.0 Å². The van der Waals surface area contributed by atoms with Crippen LogP contribution in [0.2, 0.25) is 10.0 Å². The first kappa shape index (κ1) is 25.8. The number of carbonyl (C=O) groups excluding carboxylic acids is 2. The van der Waals surface area contributed by atoms with Crippen LogP contribution in [0.3, 0.4) is 0 Å². The highest BCUT2D eigenvalue weighted by Gasteiger charge is 2.52. The highest BCUT2D eigenvalue weighted by molar-refractivity contribution is 6.34. The van der Waals surface area contributed by atoms with Crippen LogP contribution in [0.1, 0.15) is 24.0 Å². The predicted octanol–water partition coefficient (Wildman–Crippen LogP) is 3.51. The third-order valence-electron chi connectivity index (χ3n) is 6.75. The van der Waals surface area contributed by atoms with Crippen LogP contribution in [-0.4, -0.2) is 74.6 Å². The van der Waals surface area contributed by atoms with E-state index < -0.39 is 11.5 Å². The Bertz CT molecular complexity index is 1050. The number of para-hydroxylation sites is 1. The molecule has 7 nitrogen and oxygen atoms in total. The largest absolute Gasteiger partial charge is 0.496 e. The summed E-state index contributed by atoms with van der Waals surface area (Å²) in [5.41, 5.74) is 0.922. The standard InChI is InChI=1S/C26H31Cl2N3O4/c1-30-9-11-31(12-10-30)24(32)22(17-35-16-18-5-3-4-6-23(18)34-2)29-25(33)26(7-8-26)19-13-20(27)15-21(28)14-19/h3-6,13-15,22H,7-12,16-17H2,1-2H3,(H,29,33)/t22-/m0/s1. The number of halogens is 2. The molecule has 2 aliphatic rings. The van der Waals surface area contributed by atoms with E-state index >= 15 is 0 Å². The van der Waals surface area contributed by atoms with Gasteiger partial charge in [0.1, 0.15) is 11.8 Å². The van der Waals surface area contributed by atoms with Gasteiger partial charge in [-0.15, -0.1) is 0 Å². The van der Waals surface area contributed by atoms with Crippen molar-refractivity contribution in [3.63, 3.8) is 0 Å². The van der Waals surface area contributed by atoms with Gasteiger partial charge in [0.25, 0.3) is 0 Å². The maximum atomic E-state index is 13.5. The van der Waals surface area contributed by atoms with Crippen LogP contribution in [0.25, 0.3) is 0 Å². The third kappa shape index (κ3) is 6.09. The van der Waals surface area contributed by atoms with Gasteiger partial charge in [-0.2, -0.15) is 0 Å². The molecule has 188 valence electrons. The number of methoxy groups -OCH3 is 1. The Kier molecular flexibility index (Phi) is 8.22. The average molecular weight is 520 g/mol. The molecule has 2 aromatic carbocycles. The van der Waals surface area contributed by atoms with Crippen LogP contribution in [0.15, 0.2) is 42.5 Å². The molecule has 2 fully saturated rings. The van der Waals surface area contributed by atoms with E-state index in [0.717, 1.165) is 24.2 Å². The number of carbonyl (C=O) groups is 2. The second kappa shape index (κ2) is 11.2. The molecule has 1 saturated carbocycles. The normalized spacial score (nSPS) is 18.1. The van der Waals surface area contributed by atoms with Gasteiger partial charge in [-0.3, -0.25) is 9.59 Å². The summed E-state index contributed by atoms with van der Waals surface area (Å²) in [4.78, 5) is 30.9. The zero-order valence-electron chi connectivity index (χ0n) is 20.1. The number of benzene rings is 2. The van der Waals surface area contributed by atoms with Crippen LogP contribution in [0, 0.1) is 0 Å². The summed E-state index contributed by atoms with van der Waals surface area (Å²) in [6, 6.07) is 12.0. The second-order valence-electron chi connectivity index (χ2n) is 9.22. The fourth-order valence-electron chi connectivity index (χ4n) is 4.43. The first-order valence-electron chi connectivity index (χ1n) is 11.8. The lowest BCUT2D eigenvalue weighted by Gasteiger charge is -2.35. The molecule has 1 saturated heterocycles. The number of hydrogen-bond donors (Lipinski definition) is 1. The Morgan fingerprint density at radius 2 is 1.71 bits per heavy atom. The lowest BCUT2D eigenvalue weighted by atomic mass is 9.94. The molecule has 2 aromatic rings. The summed E-state index contributed by atoms with van der Waals surface area (Å²) >= 11 is 12.4. The third-order valence-corrected chi connectivity index (χ3v) is 7.19. The van der Waals surface area contributed by atoms with E-state index in [1.807, 2.05) is 31.3 Å². The van der Waals surface area contributed by atoms with E-state index in [2.05, 4.69) is 10.2 Å². The molecule has 0 aromatic heterocycles. The number of hydrogen-bond acceptors (Lipinski definition) is 5. The van der Waals surface area contributed by atoms with Gasteiger partial charge in [0.2, 0.25) is 11.8 Å². The maximum absolute atomic E-state index is 13.5. The van der Waals surface area contributed by atoms with Gasteiger partial charge >= 0.3 is 0 Å². The molecule has 0 unspecified atom stereocenters. The van der Waals surface area contributed by atoms with Gasteiger partial charge in [0, 0.05) is 41.8 Å². The molecule has 1 N–H and O–H groups in total. The van der Waals surface area contributed by atoms with Gasteiger partial charge in [0.15, 0.2) is 0 Å². The predicted molar refractivity (Wildman–Crippen MR) is 136 cm³/mol. The lowest BCUT2D eigenvalue weighted by Crippen LogP contribution is -2.56. The summed E-state index contributed by atoms with van der Waals surface area (Å²) in [5, 5.41) is 3.96. The average Bonchev–Trinajstić information content (AvgIpc) is 3.65. The first-order valence-corrected chi connectivity index (χ1v) is 12.5. The Morgan fingerprint density at radius 1 is 1.06 bits per heavy atom. The molecule has 1 aliphatic carbocycles. The minimum Gasteiger partial charge on any atom is -0.496 e. The van der Waals surface area contributed by atoms with Crippen molar-refractivity contribution < 1.29 is 19.1 Å². The number of amides is 2. The number of likely N-dealkylation sites (N-methyl/N-ethyl adjacent to an activating group) is 1. The lowest BCUT2D eigenvalue weighted by molar-refractivity contribution is -0.140. The van der Waals surface area contributed by atoms with E-state index in [1.54, 1.807) is 30.2 Å². The number of nitrogens with one attached hydrogen (secondary N) is 1. The van der Waals surface area contributed by atoms with Gasteiger partial charge < -0.3 is 24.6 Å². The fraction of sp³-hybridized carbons (Fsp3) is 0.462. The van der Waals surface area contributed by atoms with E-state index in [1.165, 1.54) is 0 Å². The van der Waals surface area contributed by atoms with Crippen molar-refractivity contribution in [2.75, 3.05) is 46.9 Å². The Hall–Kier alpha value is -2.32. The van der Waals surface area contributed by atoms with E-state index in [0.29, 0.717) is 41.7 Å². The summed E-state index contributed by atoms with van der Waals surface area (Å²) < 4.78 is 11.3. The molecule has 1 atom stereocenters. The fourth-order valence-corrected chi connectivity index (χ4v) is 4.96. The molecule has 0 bridgehead atoms. The number of nitrogens with zero attached hydrogens (tertiary/aromatic N) is 2. The molecule has 0 radical (unpaired) electrons. The second-order valence-corrected chi connectivity index (χ2v) is 10.1. The van der Waals surface area contributed by atoms with Crippen LogP contribution in [0.4, 0.5) is 0 Å². The maximum Gasteiger partial charge on any atom is 0.247 e. The minimum absolute atomic E-state index is 0.0569. The Morgan fingerprint density at radius 3 is 2.34 bits per heavy atom. The van der Waals surface area contributed by atoms with Gasteiger partial charge in [-0.25, -0.2) is 0 Å². The van der Waals surface area contributed by atoms with Crippen molar-refractivity contribution in [3.8, 4) is 5.75 Å². The molecule has 4 rings (SSSR count). The van der Waals surface area contributed by atoms with Crippen molar-refractivity contribution in [3.05, 3.63) is 63.6 Å². The van der Waals surface area contributed by atoms with Crippen molar-refractivity contribution in [1.29, 1.82) is 0 Å². The monoisotopic (exact) mass is 519 g/mol. The van der Waals surface area contributed by atoms with Crippen LogP contribution in [-0.2, 0) is 26.3 Å². The number of ether oxygens (including phenoxy) is 2. The Labute approximate surface area is 216 Å². The molecule has 35 heavy (non-hydrogen) atoms. The number of piperazine rings is 1. The van der Waals surface area contributed by atoms with Gasteiger partial charge in [-0.1, -0.05) is 41.4 Å². The topological polar surface area (TPSA) is 71.1 Å². The van der Waals surface area contributed by atoms with Crippen LogP contribution >= 0.6 is 23.2 Å². The summed E-state index contributed by atoms with van der Waals surface area (Å²) in [5.74, 6) is 0.379.